The molecule has 0 bridgehead atoms. The van der Waals surface area contributed by atoms with Crippen molar-refractivity contribution in [1.82, 2.24) is 0 Å². The van der Waals surface area contributed by atoms with Crippen molar-refractivity contribution in [3.63, 3.8) is 0 Å². The average Bonchev–Trinajstić information content (AvgIpc) is 2.57. The topological polar surface area (TPSA) is 18.5 Å². The second-order valence-electron chi connectivity index (χ2n) is 5.07. The van der Waals surface area contributed by atoms with Gasteiger partial charge in [0.2, 0.25) is 0 Å². The molecule has 2 nitrogen and oxygen atoms in total. The first-order valence-corrected chi connectivity index (χ1v) is 6.60. The van der Waals surface area contributed by atoms with Gasteiger partial charge < -0.3 is 9.47 Å². The molecule has 4 atom stereocenters. The van der Waals surface area contributed by atoms with E-state index in [1.807, 2.05) is 0 Å². The predicted octanol–water partition coefficient (Wildman–Crippen LogP) is 3.35. The molecule has 15 heavy (non-hydrogen) atoms. The number of hydrogen-bond acceptors (Lipinski definition) is 2. The second kappa shape index (κ2) is 5.31. The number of hydrogen-bond donors (Lipinski definition) is 0. The molecular formula is C13H24O2. The lowest BCUT2D eigenvalue weighted by atomic mass is 9.85. The molecule has 2 aliphatic heterocycles. The summed E-state index contributed by atoms with van der Waals surface area (Å²) in [5.41, 5.74) is 0. The van der Waals surface area contributed by atoms with E-state index in [1.54, 1.807) is 0 Å². The van der Waals surface area contributed by atoms with Gasteiger partial charge in [-0.2, -0.15) is 0 Å². The van der Waals surface area contributed by atoms with Crippen LogP contribution in [0.4, 0.5) is 0 Å². The molecular weight excluding hydrogens is 188 g/mol. The molecule has 0 saturated carbocycles. The van der Waals surface area contributed by atoms with Crippen molar-refractivity contribution in [1.29, 1.82) is 0 Å². The summed E-state index contributed by atoms with van der Waals surface area (Å²) in [6.07, 6.45) is 8.28. The normalized spacial score (nSPS) is 40.4. The molecule has 2 rings (SSSR count). The molecule has 88 valence electrons. The smallest absolute Gasteiger partial charge is 0.161 e. The highest BCUT2D eigenvalue weighted by molar-refractivity contribution is 4.85. The summed E-state index contributed by atoms with van der Waals surface area (Å²) >= 11 is 0. The fourth-order valence-corrected chi connectivity index (χ4v) is 2.93. The quantitative estimate of drug-likeness (QED) is 0.665. The SMILES string of the molecule is CCCCC[C@@H]1OC2OCCCC2[C@H]1C. The van der Waals surface area contributed by atoms with Crippen LogP contribution in [0.25, 0.3) is 0 Å². The zero-order chi connectivity index (χ0) is 10.7. The van der Waals surface area contributed by atoms with Gasteiger partial charge >= 0.3 is 0 Å². The lowest BCUT2D eigenvalue weighted by molar-refractivity contribution is -0.167. The third kappa shape index (κ3) is 2.54. The van der Waals surface area contributed by atoms with Crippen LogP contribution in [0, 0.1) is 11.8 Å². The fourth-order valence-electron chi connectivity index (χ4n) is 2.93. The molecule has 0 aromatic heterocycles. The molecule has 2 aliphatic rings. The monoisotopic (exact) mass is 212 g/mol. The van der Waals surface area contributed by atoms with E-state index < -0.39 is 0 Å². The van der Waals surface area contributed by atoms with Crippen LogP contribution in [-0.2, 0) is 9.47 Å². The molecule has 2 fully saturated rings. The Balaban J connectivity index is 1.81. The molecule has 0 aromatic rings. The minimum Gasteiger partial charge on any atom is -0.352 e. The van der Waals surface area contributed by atoms with Crippen molar-refractivity contribution < 1.29 is 9.47 Å². The Hall–Kier alpha value is -0.0800. The van der Waals surface area contributed by atoms with Gasteiger partial charge in [-0.1, -0.05) is 33.1 Å². The van der Waals surface area contributed by atoms with E-state index in [-0.39, 0.29) is 6.29 Å². The summed E-state index contributed by atoms with van der Waals surface area (Å²) in [6.45, 7) is 5.49. The van der Waals surface area contributed by atoms with Crippen molar-refractivity contribution in [3.05, 3.63) is 0 Å². The Morgan fingerprint density at radius 2 is 2.13 bits per heavy atom. The van der Waals surface area contributed by atoms with Gasteiger partial charge in [0.05, 0.1) is 6.10 Å². The van der Waals surface area contributed by atoms with Crippen molar-refractivity contribution in [2.75, 3.05) is 6.61 Å². The fraction of sp³-hybridized carbons (Fsp3) is 1.00. The molecule has 0 N–H and O–H groups in total. The van der Waals surface area contributed by atoms with E-state index >= 15 is 0 Å². The van der Waals surface area contributed by atoms with Crippen molar-refractivity contribution in [3.8, 4) is 0 Å². The van der Waals surface area contributed by atoms with E-state index in [4.69, 9.17) is 9.47 Å². The van der Waals surface area contributed by atoms with Gasteiger partial charge in [0.25, 0.3) is 0 Å². The Bertz CT molecular complexity index is 193. The lowest BCUT2D eigenvalue weighted by Gasteiger charge is -2.25. The van der Waals surface area contributed by atoms with Gasteiger partial charge in [-0.25, -0.2) is 0 Å². The maximum Gasteiger partial charge on any atom is 0.161 e. The lowest BCUT2D eigenvalue weighted by Crippen LogP contribution is -2.27. The zero-order valence-electron chi connectivity index (χ0n) is 10.1. The molecule has 0 spiro atoms. The van der Waals surface area contributed by atoms with E-state index in [0.717, 1.165) is 6.61 Å². The summed E-state index contributed by atoms with van der Waals surface area (Å²) < 4.78 is 11.7. The van der Waals surface area contributed by atoms with Crippen LogP contribution >= 0.6 is 0 Å². The second-order valence-corrected chi connectivity index (χ2v) is 5.07. The van der Waals surface area contributed by atoms with Crippen molar-refractivity contribution in [2.45, 2.75) is 64.8 Å². The first-order chi connectivity index (χ1) is 7.33. The Kier molecular flexibility index (Phi) is 4.04. The van der Waals surface area contributed by atoms with Crippen LogP contribution in [0.3, 0.4) is 0 Å². The van der Waals surface area contributed by atoms with Crippen molar-refractivity contribution in [2.24, 2.45) is 11.8 Å². The summed E-state index contributed by atoms with van der Waals surface area (Å²) in [6, 6.07) is 0. The van der Waals surface area contributed by atoms with Crippen LogP contribution in [-0.4, -0.2) is 19.0 Å². The van der Waals surface area contributed by atoms with E-state index in [9.17, 15) is 0 Å². The highest BCUT2D eigenvalue weighted by atomic mass is 16.7. The van der Waals surface area contributed by atoms with Gasteiger partial charge in [0.1, 0.15) is 0 Å². The van der Waals surface area contributed by atoms with Crippen LogP contribution in [0.2, 0.25) is 0 Å². The maximum absolute atomic E-state index is 6.00. The molecule has 0 aromatic carbocycles. The summed E-state index contributed by atoms with van der Waals surface area (Å²) in [7, 11) is 0. The molecule has 2 heterocycles. The molecule has 0 radical (unpaired) electrons. The van der Waals surface area contributed by atoms with E-state index in [1.165, 1.54) is 38.5 Å². The van der Waals surface area contributed by atoms with Gasteiger partial charge in [0.15, 0.2) is 6.29 Å². The van der Waals surface area contributed by atoms with Crippen LogP contribution in [0.15, 0.2) is 0 Å². The molecule has 0 amide bonds. The number of rotatable bonds is 4. The Labute approximate surface area is 93.3 Å². The minimum absolute atomic E-state index is 0.125. The third-order valence-corrected chi connectivity index (χ3v) is 3.98. The van der Waals surface area contributed by atoms with Crippen LogP contribution in [0.1, 0.15) is 52.4 Å². The third-order valence-electron chi connectivity index (χ3n) is 3.98. The summed E-state index contributed by atoms with van der Waals surface area (Å²) in [5.74, 6) is 1.37. The highest BCUT2D eigenvalue weighted by Crippen LogP contribution is 2.40. The summed E-state index contributed by atoms with van der Waals surface area (Å²) in [4.78, 5) is 0. The van der Waals surface area contributed by atoms with Gasteiger partial charge in [-0.05, 0) is 25.2 Å². The maximum atomic E-state index is 6.00. The largest absolute Gasteiger partial charge is 0.352 e. The van der Waals surface area contributed by atoms with Gasteiger partial charge in [-0.15, -0.1) is 0 Å². The number of unbranched alkanes of at least 4 members (excludes halogenated alkanes) is 2. The Morgan fingerprint density at radius 1 is 1.27 bits per heavy atom. The van der Waals surface area contributed by atoms with Crippen molar-refractivity contribution >= 4 is 0 Å². The highest BCUT2D eigenvalue weighted by Gasteiger charge is 2.43. The van der Waals surface area contributed by atoms with Gasteiger partial charge in [0, 0.05) is 12.5 Å². The van der Waals surface area contributed by atoms with E-state index in [2.05, 4.69) is 13.8 Å². The van der Waals surface area contributed by atoms with Gasteiger partial charge in [-0.3, -0.25) is 0 Å². The first kappa shape index (κ1) is 11.4. The first-order valence-electron chi connectivity index (χ1n) is 6.60. The molecule has 2 saturated heterocycles. The Morgan fingerprint density at radius 3 is 2.87 bits per heavy atom. The molecule has 2 unspecified atom stereocenters. The van der Waals surface area contributed by atoms with E-state index in [0.29, 0.717) is 17.9 Å². The number of ether oxygens (including phenoxy) is 2. The van der Waals surface area contributed by atoms with Crippen LogP contribution < -0.4 is 0 Å². The molecule has 0 aliphatic carbocycles. The zero-order valence-corrected chi connectivity index (χ0v) is 10.1. The van der Waals surface area contributed by atoms with Crippen LogP contribution in [0.5, 0.6) is 0 Å². The summed E-state index contributed by atoms with van der Waals surface area (Å²) in [5, 5.41) is 0. The minimum atomic E-state index is 0.125. The predicted molar refractivity (Wildman–Crippen MR) is 60.6 cm³/mol. The molecule has 2 heteroatoms. The standard InChI is InChI=1S/C13H24O2/c1-3-4-5-8-12-10(2)11-7-6-9-14-13(11)15-12/h10-13H,3-9H2,1-2H3/t10-,11?,12+,13?/m1/s1. The average molecular weight is 212 g/mol. The number of fused-ring (bicyclic) bond motifs is 1.